The van der Waals surface area contributed by atoms with Gasteiger partial charge in [0, 0.05) is 0 Å². The van der Waals surface area contributed by atoms with E-state index in [9.17, 15) is 5.11 Å². The van der Waals surface area contributed by atoms with Gasteiger partial charge in [-0.3, -0.25) is 0 Å². The molecule has 1 N–H and O–H groups in total. The molecule has 0 amide bonds. The smallest absolute Gasteiger partial charge is 0.103 e. The lowest BCUT2D eigenvalue weighted by Gasteiger charge is -2.14. The molecule has 0 aromatic rings. The van der Waals surface area contributed by atoms with Crippen LogP contribution in [0.15, 0.2) is 22.0 Å². The molecule has 0 spiro atoms. The van der Waals surface area contributed by atoms with Gasteiger partial charge in [-0.1, -0.05) is 0 Å². The van der Waals surface area contributed by atoms with Gasteiger partial charge in [0.05, 0.1) is 11.2 Å². The Morgan fingerprint density at radius 3 is 2.18 bits per heavy atom. The van der Waals surface area contributed by atoms with Crippen molar-refractivity contribution in [2.45, 2.75) is 38.8 Å². The molecule has 1 heterocycles. The Hall–Kier alpha value is -0.700. The van der Waals surface area contributed by atoms with E-state index in [0.717, 1.165) is 0 Å². The molecule has 0 saturated heterocycles. The van der Waals surface area contributed by atoms with Gasteiger partial charge in [0.25, 0.3) is 0 Å². The summed E-state index contributed by atoms with van der Waals surface area (Å²) in [6, 6.07) is 0. The zero-order valence-electron chi connectivity index (χ0n) is 7.42. The molecule has 1 aliphatic heterocycles. The number of azo groups is 1. The van der Waals surface area contributed by atoms with Gasteiger partial charge in [0.1, 0.15) is 5.60 Å². The van der Waals surface area contributed by atoms with E-state index in [1.54, 1.807) is 13.8 Å². The van der Waals surface area contributed by atoms with Crippen LogP contribution in [0.5, 0.6) is 0 Å². The largest absolute Gasteiger partial charge is 0.384 e. The summed E-state index contributed by atoms with van der Waals surface area (Å²) >= 11 is 0. The number of aliphatic hydroxyl groups is 1. The van der Waals surface area contributed by atoms with E-state index in [1.807, 2.05) is 19.9 Å². The first kappa shape index (κ1) is 8.40. The predicted molar refractivity (Wildman–Crippen MR) is 43.3 cm³/mol. The number of hydrogen-bond acceptors (Lipinski definition) is 3. The maximum atomic E-state index is 9.53. The third-order valence-corrected chi connectivity index (χ3v) is 1.53. The summed E-state index contributed by atoms with van der Waals surface area (Å²) in [5, 5.41) is 17.4. The summed E-state index contributed by atoms with van der Waals surface area (Å²) in [5.74, 6) is 0. The topological polar surface area (TPSA) is 45.0 Å². The summed E-state index contributed by atoms with van der Waals surface area (Å²) in [6.45, 7) is 7.32. The van der Waals surface area contributed by atoms with E-state index in [0.29, 0.717) is 5.70 Å². The zero-order valence-corrected chi connectivity index (χ0v) is 7.42. The molecule has 3 nitrogen and oxygen atoms in total. The van der Waals surface area contributed by atoms with Crippen LogP contribution < -0.4 is 0 Å². The van der Waals surface area contributed by atoms with E-state index in [-0.39, 0.29) is 5.54 Å². The van der Waals surface area contributed by atoms with E-state index in [2.05, 4.69) is 10.2 Å². The van der Waals surface area contributed by atoms with Crippen LogP contribution in [0.2, 0.25) is 0 Å². The molecule has 0 fully saturated rings. The van der Waals surface area contributed by atoms with Gasteiger partial charge < -0.3 is 5.11 Å². The van der Waals surface area contributed by atoms with E-state index in [4.69, 9.17) is 0 Å². The molecule has 0 aromatic carbocycles. The molecule has 0 radical (unpaired) electrons. The van der Waals surface area contributed by atoms with Gasteiger partial charge in [0.15, 0.2) is 0 Å². The van der Waals surface area contributed by atoms with Crippen LogP contribution >= 0.6 is 0 Å². The van der Waals surface area contributed by atoms with Crippen molar-refractivity contribution in [2.75, 3.05) is 0 Å². The van der Waals surface area contributed by atoms with Gasteiger partial charge in [-0.15, -0.1) is 0 Å². The fraction of sp³-hybridized carbons (Fsp3) is 0.750. The Morgan fingerprint density at radius 1 is 1.45 bits per heavy atom. The molecule has 0 unspecified atom stereocenters. The monoisotopic (exact) mass is 154 g/mol. The Morgan fingerprint density at radius 2 is 2.00 bits per heavy atom. The standard InChI is InChI=1S/C8H14N2O/c1-7(2)5-6(9-10-7)8(3,4)11/h5,11H,1-4H3. The second kappa shape index (κ2) is 2.14. The SMILES string of the molecule is CC1(C)C=C(C(C)(C)O)N=N1. The average Bonchev–Trinajstić information content (AvgIpc) is 2.07. The first-order valence-corrected chi connectivity index (χ1v) is 3.70. The van der Waals surface area contributed by atoms with Crippen molar-refractivity contribution in [3.63, 3.8) is 0 Å². The minimum absolute atomic E-state index is 0.241. The third kappa shape index (κ3) is 1.87. The van der Waals surface area contributed by atoms with Crippen LogP contribution in [-0.4, -0.2) is 16.2 Å². The molecular weight excluding hydrogens is 140 g/mol. The van der Waals surface area contributed by atoms with Crippen molar-refractivity contribution in [1.29, 1.82) is 0 Å². The first-order chi connectivity index (χ1) is 4.81. The van der Waals surface area contributed by atoms with Crippen molar-refractivity contribution in [3.05, 3.63) is 11.8 Å². The quantitative estimate of drug-likeness (QED) is 0.615. The summed E-state index contributed by atoms with van der Waals surface area (Å²) in [7, 11) is 0. The number of nitrogens with zero attached hydrogens (tertiary/aromatic N) is 2. The van der Waals surface area contributed by atoms with Crippen LogP contribution in [0.1, 0.15) is 27.7 Å². The van der Waals surface area contributed by atoms with Crippen molar-refractivity contribution < 1.29 is 5.11 Å². The Labute approximate surface area is 66.8 Å². The lowest BCUT2D eigenvalue weighted by Crippen LogP contribution is -2.20. The molecule has 1 rings (SSSR count). The highest BCUT2D eigenvalue weighted by Crippen LogP contribution is 2.29. The van der Waals surface area contributed by atoms with Crippen molar-refractivity contribution in [3.8, 4) is 0 Å². The lowest BCUT2D eigenvalue weighted by atomic mass is 10.00. The molecule has 0 saturated carbocycles. The number of rotatable bonds is 1. The number of hydrogen-bond donors (Lipinski definition) is 1. The maximum Gasteiger partial charge on any atom is 0.103 e. The molecule has 0 atom stereocenters. The Kier molecular flexibility index (Phi) is 1.63. The average molecular weight is 154 g/mol. The minimum atomic E-state index is -0.864. The normalized spacial score (nSPS) is 22.1. The van der Waals surface area contributed by atoms with E-state index in [1.165, 1.54) is 0 Å². The third-order valence-electron chi connectivity index (χ3n) is 1.53. The van der Waals surface area contributed by atoms with Crippen LogP contribution in [0.25, 0.3) is 0 Å². The molecule has 11 heavy (non-hydrogen) atoms. The van der Waals surface area contributed by atoms with Gasteiger partial charge in [0.2, 0.25) is 0 Å². The van der Waals surface area contributed by atoms with Gasteiger partial charge >= 0.3 is 0 Å². The molecule has 0 aliphatic carbocycles. The zero-order chi connectivity index (χ0) is 8.70. The first-order valence-electron chi connectivity index (χ1n) is 3.70. The highest BCUT2D eigenvalue weighted by molar-refractivity contribution is 5.21. The van der Waals surface area contributed by atoms with Crippen LogP contribution in [0, 0.1) is 0 Å². The highest BCUT2D eigenvalue weighted by atomic mass is 16.3. The molecule has 1 aliphatic rings. The van der Waals surface area contributed by atoms with Gasteiger partial charge in [-0.05, 0) is 33.8 Å². The fourth-order valence-electron chi connectivity index (χ4n) is 0.874. The predicted octanol–water partition coefficient (Wildman–Crippen LogP) is 1.89. The second-order valence-electron chi connectivity index (χ2n) is 3.94. The van der Waals surface area contributed by atoms with Gasteiger partial charge in [-0.25, -0.2) is 0 Å². The highest BCUT2D eigenvalue weighted by Gasteiger charge is 2.28. The lowest BCUT2D eigenvalue weighted by molar-refractivity contribution is 0.118. The molecular formula is C8H14N2O. The van der Waals surface area contributed by atoms with Gasteiger partial charge in [-0.2, -0.15) is 10.2 Å². The summed E-state index contributed by atoms with van der Waals surface area (Å²) in [6.07, 6.45) is 1.88. The Bertz CT molecular complexity index is 221. The van der Waals surface area contributed by atoms with E-state index >= 15 is 0 Å². The molecule has 0 aromatic heterocycles. The summed E-state index contributed by atoms with van der Waals surface area (Å²) < 4.78 is 0. The van der Waals surface area contributed by atoms with Crippen molar-refractivity contribution in [2.24, 2.45) is 10.2 Å². The van der Waals surface area contributed by atoms with Crippen molar-refractivity contribution in [1.82, 2.24) is 0 Å². The molecule has 0 bridgehead atoms. The van der Waals surface area contributed by atoms with E-state index < -0.39 is 5.60 Å². The fourth-order valence-corrected chi connectivity index (χ4v) is 0.874. The summed E-state index contributed by atoms with van der Waals surface area (Å²) in [5.41, 5.74) is -0.449. The van der Waals surface area contributed by atoms with Crippen molar-refractivity contribution >= 4 is 0 Å². The second-order valence-corrected chi connectivity index (χ2v) is 3.94. The van der Waals surface area contributed by atoms with Crippen LogP contribution in [0.3, 0.4) is 0 Å². The Balaban J connectivity index is 2.89. The summed E-state index contributed by atoms with van der Waals surface area (Å²) in [4.78, 5) is 0. The minimum Gasteiger partial charge on any atom is -0.384 e. The van der Waals surface area contributed by atoms with Crippen LogP contribution in [-0.2, 0) is 0 Å². The molecule has 3 heteroatoms. The molecule has 62 valence electrons. The van der Waals surface area contributed by atoms with Crippen LogP contribution in [0.4, 0.5) is 0 Å². The maximum absolute atomic E-state index is 9.53.